The number of nitrogens with one attached hydrogen (secondary N) is 1. The molecule has 0 amide bonds. The highest BCUT2D eigenvalue weighted by atomic mass is 15.3. The van der Waals surface area contributed by atoms with Gasteiger partial charge in [-0.15, -0.1) is 0 Å². The number of hydrogen-bond acceptors (Lipinski definition) is 2. The molecule has 0 atom stereocenters. The fourth-order valence-electron chi connectivity index (χ4n) is 1.81. The number of rotatable bonds is 4. The van der Waals surface area contributed by atoms with Crippen LogP contribution >= 0.6 is 0 Å². The average molecular weight is 229 g/mol. The lowest BCUT2D eigenvalue weighted by Crippen LogP contribution is -2.06. The Labute approximate surface area is 102 Å². The highest BCUT2D eigenvalue weighted by Crippen LogP contribution is 2.17. The van der Waals surface area contributed by atoms with Crippen LogP contribution in [0, 0.1) is 0 Å². The van der Waals surface area contributed by atoms with E-state index in [0.717, 1.165) is 17.9 Å². The number of aromatic nitrogens is 2. The van der Waals surface area contributed by atoms with E-state index < -0.39 is 0 Å². The van der Waals surface area contributed by atoms with Gasteiger partial charge in [0.25, 0.3) is 0 Å². The van der Waals surface area contributed by atoms with Crippen molar-refractivity contribution in [2.45, 2.75) is 26.3 Å². The Morgan fingerprint density at radius 2 is 2.12 bits per heavy atom. The summed E-state index contributed by atoms with van der Waals surface area (Å²) in [5, 5.41) is 7.63. The molecule has 0 bridgehead atoms. The van der Waals surface area contributed by atoms with Crippen molar-refractivity contribution in [2.24, 2.45) is 0 Å². The fourth-order valence-corrected chi connectivity index (χ4v) is 1.81. The largest absolute Gasteiger partial charge is 0.314 e. The van der Waals surface area contributed by atoms with E-state index in [0.29, 0.717) is 5.92 Å². The summed E-state index contributed by atoms with van der Waals surface area (Å²) in [5.74, 6) is 0.544. The molecule has 0 saturated heterocycles. The molecule has 0 spiro atoms. The van der Waals surface area contributed by atoms with Gasteiger partial charge in [0, 0.05) is 12.7 Å². The van der Waals surface area contributed by atoms with E-state index in [1.54, 1.807) is 0 Å². The third-order valence-electron chi connectivity index (χ3n) is 2.80. The molecule has 1 N–H and O–H groups in total. The number of benzene rings is 1. The first-order valence-electron chi connectivity index (χ1n) is 6.00. The van der Waals surface area contributed by atoms with Crippen LogP contribution in [0.4, 0.5) is 0 Å². The third-order valence-corrected chi connectivity index (χ3v) is 2.80. The molecule has 0 fully saturated rings. The molecule has 1 aromatic heterocycles. The van der Waals surface area contributed by atoms with Gasteiger partial charge in [0.1, 0.15) is 0 Å². The summed E-state index contributed by atoms with van der Waals surface area (Å²) in [5.41, 5.74) is 3.52. The summed E-state index contributed by atoms with van der Waals surface area (Å²) >= 11 is 0. The van der Waals surface area contributed by atoms with Crippen molar-refractivity contribution in [1.82, 2.24) is 15.1 Å². The summed E-state index contributed by atoms with van der Waals surface area (Å²) in [7, 11) is 1.93. The van der Waals surface area contributed by atoms with E-state index in [2.05, 4.69) is 48.5 Å². The molecule has 90 valence electrons. The van der Waals surface area contributed by atoms with Gasteiger partial charge in [-0.05, 0) is 36.7 Å². The Balaban J connectivity index is 2.28. The van der Waals surface area contributed by atoms with Crippen LogP contribution in [0.3, 0.4) is 0 Å². The van der Waals surface area contributed by atoms with Crippen molar-refractivity contribution < 1.29 is 0 Å². The molecule has 3 nitrogen and oxygen atoms in total. The lowest BCUT2D eigenvalue weighted by Gasteiger charge is -2.08. The SMILES string of the molecule is CNCc1ccn(-c2cccc(C(C)C)c2)n1. The minimum atomic E-state index is 0.544. The average Bonchev–Trinajstić information content (AvgIpc) is 2.78. The van der Waals surface area contributed by atoms with Gasteiger partial charge in [0.15, 0.2) is 0 Å². The Morgan fingerprint density at radius 1 is 1.29 bits per heavy atom. The summed E-state index contributed by atoms with van der Waals surface area (Å²) < 4.78 is 1.93. The molecule has 2 rings (SSSR count). The lowest BCUT2D eigenvalue weighted by atomic mass is 10.0. The third kappa shape index (κ3) is 2.74. The molecule has 0 aliphatic heterocycles. The maximum absolute atomic E-state index is 4.52. The molecule has 0 unspecified atom stereocenters. The lowest BCUT2D eigenvalue weighted by molar-refractivity contribution is 0.755. The van der Waals surface area contributed by atoms with Gasteiger partial charge in [-0.1, -0.05) is 26.0 Å². The molecule has 1 heterocycles. The van der Waals surface area contributed by atoms with Crippen LogP contribution in [0.15, 0.2) is 36.5 Å². The Kier molecular flexibility index (Phi) is 3.59. The minimum absolute atomic E-state index is 0.544. The van der Waals surface area contributed by atoms with Gasteiger partial charge in [-0.3, -0.25) is 0 Å². The molecule has 0 saturated carbocycles. The minimum Gasteiger partial charge on any atom is -0.314 e. The highest BCUT2D eigenvalue weighted by Gasteiger charge is 2.03. The molecule has 0 radical (unpaired) electrons. The van der Waals surface area contributed by atoms with E-state index in [4.69, 9.17) is 0 Å². The quantitative estimate of drug-likeness (QED) is 0.873. The van der Waals surface area contributed by atoms with Crippen LogP contribution in [0.1, 0.15) is 31.0 Å². The van der Waals surface area contributed by atoms with Crippen LogP contribution in [0.5, 0.6) is 0 Å². The zero-order chi connectivity index (χ0) is 12.3. The first kappa shape index (κ1) is 11.9. The van der Waals surface area contributed by atoms with Gasteiger partial charge in [-0.25, -0.2) is 4.68 Å². The van der Waals surface area contributed by atoms with Crippen molar-refractivity contribution in [3.05, 3.63) is 47.8 Å². The number of hydrogen-bond donors (Lipinski definition) is 1. The van der Waals surface area contributed by atoms with Gasteiger partial charge < -0.3 is 5.32 Å². The zero-order valence-electron chi connectivity index (χ0n) is 10.6. The van der Waals surface area contributed by atoms with Crippen molar-refractivity contribution >= 4 is 0 Å². The topological polar surface area (TPSA) is 29.9 Å². The smallest absolute Gasteiger partial charge is 0.0766 e. The maximum Gasteiger partial charge on any atom is 0.0766 e. The monoisotopic (exact) mass is 229 g/mol. The molecule has 2 aromatic rings. The first-order valence-corrected chi connectivity index (χ1v) is 6.00. The van der Waals surface area contributed by atoms with E-state index in [1.807, 2.05) is 24.0 Å². The van der Waals surface area contributed by atoms with Crippen LogP contribution in [-0.2, 0) is 6.54 Å². The van der Waals surface area contributed by atoms with Crippen LogP contribution < -0.4 is 5.32 Å². The molecule has 0 aliphatic carbocycles. The summed E-state index contributed by atoms with van der Waals surface area (Å²) in [6.45, 7) is 5.21. The van der Waals surface area contributed by atoms with Crippen molar-refractivity contribution in [1.29, 1.82) is 0 Å². The Hall–Kier alpha value is -1.61. The maximum atomic E-state index is 4.52. The van der Waals surface area contributed by atoms with Crippen molar-refractivity contribution in [2.75, 3.05) is 7.05 Å². The Morgan fingerprint density at radius 3 is 2.82 bits per heavy atom. The molecule has 0 aliphatic rings. The van der Waals surface area contributed by atoms with Crippen molar-refractivity contribution in [3.63, 3.8) is 0 Å². The van der Waals surface area contributed by atoms with Crippen LogP contribution in [0.2, 0.25) is 0 Å². The molecule has 3 heteroatoms. The fraction of sp³-hybridized carbons (Fsp3) is 0.357. The standard InChI is InChI=1S/C14H19N3/c1-11(2)12-5-4-6-14(9-12)17-8-7-13(16-17)10-15-3/h4-9,11,15H,10H2,1-3H3. The number of nitrogens with zero attached hydrogens (tertiary/aromatic N) is 2. The van der Waals surface area contributed by atoms with E-state index >= 15 is 0 Å². The van der Waals surface area contributed by atoms with Gasteiger partial charge in [0.2, 0.25) is 0 Å². The van der Waals surface area contributed by atoms with Crippen molar-refractivity contribution in [3.8, 4) is 5.69 Å². The zero-order valence-corrected chi connectivity index (χ0v) is 10.6. The predicted molar refractivity (Wildman–Crippen MR) is 70.4 cm³/mol. The van der Waals surface area contributed by atoms with Crippen LogP contribution in [-0.4, -0.2) is 16.8 Å². The second-order valence-corrected chi connectivity index (χ2v) is 4.53. The van der Waals surface area contributed by atoms with Gasteiger partial charge in [-0.2, -0.15) is 5.10 Å². The molecule has 17 heavy (non-hydrogen) atoms. The van der Waals surface area contributed by atoms with Gasteiger partial charge in [0.05, 0.1) is 11.4 Å². The molecule has 1 aromatic carbocycles. The molecular weight excluding hydrogens is 210 g/mol. The van der Waals surface area contributed by atoms with E-state index in [9.17, 15) is 0 Å². The Bertz CT molecular complexity index is 486. The van der Waals surface area contributed by atoms with E-state index in [1.165, 1.54) is 5.56 Å². The van der Waals surface area contributed by atoms with Gasteiger partial charge >= 0.3 is 0 Å². The van der Waals surface area contributed by atoms with Crippen LogP contribution in [0.25, 0.3) is 5.69 Å². The summed E-state index contributed by atoms with van der Waals surface area (Å²) in [4.78, 5) is 0. The second kappa shape index (κ2) is 5.15. The molecular formula is C14H19N3. The normalized spacial score (nSPS) is 11.1. The summed E-state index contributed by atoms with van der Waals surface area (Å²) in [6, 6.07) is 10.6. The highest BCUT2D eigenvalue weighted by molar-refractivity contribution is 5.36. The summed E-state index contributed by atoms with van der Waals surface area (Å²) in [6.07, 6.45) is 2.01. The first-order chi connectivity index (χ1) is 8.20. The second-order valence-electron chi connectivity index (χ2n) is 4.53. The predicted octanol–water partition coefficient (Wildman–Crippen LogP) is 2.72. The van der Waals surface area contributed by atoms with E-state index in [-0.39, 0.29) is 0 Å².